The number of anilines is 1. The zero-order chi connectivity index (χ0) is 13.8. The van der Waals surface area contributed by atoms with E-state index in [1.807, 2.05) is 6.07 Å². The van der Waals surface area contributed by atoms with Crippen LogP contribution in [0.25, 0.3) is 0 Å². The number of halogens is 1. The molecule has 0 amide bonds. The molecule has 1 aromatic carbocycles. The zero-order valence-electron chi connectivity index (χ0n) is 10.1. The molecule has 1 heterocycles. The molecule has 1 aromatic heterocycles. The van der Waals surface area contributed by atoms with Gasteiger partial charge in [0, 0.05) is 18.2 Å². The molecule has 0 fully saturated rings. The average Bonchev–Trinajstić information content (AvgIpc) is 2.37. The minimum absolute atomic E-state index is 0.108. The first-order valence-electron chi connectivity index (χ1n) is 5.52. The standard InChI is InChI=1S/C12H11ClN4O2/c1-8-9(3-2-4-10(8)17(18)19)5-15-12-7-14-6-11(13)16-12/h2-4,6-7H,5H2,1H3,(H,15,16). The Hall–Kier alpha value is -2.21. The molecule has 0 atom stereocenters. The van der Waals surface area contributed by atoms with Gasteiger partial charge in [-0.2, -0.15) is 0 Å². The van der Waals surface area contributed by atoms with E-state index in [9.17, 15) is 10.1 Å². The second-order valence-electron chi connectivity index (χ2n) is 3.90. The number of hydrogen-bond acceptors (Lipinski definition) is 5. The molecule has 2 rings (SSSR count). The molecular weight excluding hydrogens is 268 g/mol. The number of rotatable bonds is 4. The second kappa shape index (κ2) is 5.62. The molecule has 6 nitrogen and oxygen atoms in total. The van der Waals surface area contributed by atoms with E-state index in [0.717, 1.165) is 5.56 Å². The third-order valence-electron chi connectivity index (χ3n) is 2.68. The Balaban J connectivity index is 2.16. The van der Waals surface area contributed by atoms with Crippen LogP contribution in [-0.4, -0.2) is 14.9 Å². The Kier molecular flexibility index (Phi) is 3.91. The molecule has 0 aliphatic heterocycles. The Labute approximate surface area is 114 Å². The number of nitro benzene ring substituents is 1. The fourth-order valence-corrected chi connectivity index (χ4v) is 1.82. The van der Waals surface area contributed by atoms with Crippen molar-refractivity contribution in [2.24, 2.45) is 0 Å². The first kappa shape index (κ1) is 13.2. The van der Waals surface area contributed by atoms with Crippen LogP contribution in [0, 0.1) is 17.0 Å². The van der Waals surface area contributed by atoms with Gasteiger partial charge >= 0.3 is 0 Å². The first-order valence-corrected chi connectivity index (χ1v) is 5.90. The van der Waals surface area contributed by atoms with Crippen molar-refractivity contribution in [2.75, 3.05) is 5.32 Å². The quantitative estimate of drug-likeness (QED) is 0.687. The van der Waals surface area contributed by atoms with E-state index in [2.05, 4.69) is 15.3 Å². The van der Waals surface area contributed by atoms with Crippen LogP contribution in [-0.2, 0) is 6.54 Å². The lowest BCUT2D eigenvalue weighted by Gasteiger charge is -2.08. The smallest absolute Gasteiger partial charge is 0.272 e. The van der Waals surface area contributed by atoms with E-state index >= 15 is 0 Å². The summed E-state index contributed by atoms with van der Waals surface area (Å²) in [4.78, 5) is 18.4. The van der Waals surface area contributed by atoms with E-state index in [4.69, 9.17) is 11.6 Å². The third kappa shape index (κ3) is 3.17. The van der Waals surface area contributed by atoms with Crippen molar-refractivity contribution in [3.05, 3.63) is 57.0 Å². The number of nitrogens with one attached hydrogen (secondary N) is 1. The summed E-state index contributed by atoms with van der Waals surface area (Å²) in [6.45, 7) is 2.14. The van der Waals surface area contributed by atoms with Crippen LogP contribution in [0.2, 0.25) is 5.15 Å². The highest BCUT2D eigenvalue weighted by Crippen LogP contribution is 2.21. The topological polar surface area (TPSA) is 81.0 Å². The van der Waals surface area contributed by atoms with Gasteiger partial charge in [0.15, 0.2) is 0 Å². The molecular formula is C12H11ClN4O2. The van der Waals surface area contributed by atoms with Crippen LogP contribution in [0.5, 0.6) is 0 Å². The Bertz CT molecular complexity index is 618. The molecule has 1 N–H and O–H groups in total. The highest BCUT2D eigenvalue weighted by atomic mass is 35.5. The van der Waals surface area contributed by atoms with Crippen molar-refractivity contribution in [2.45, 2.75) is 13.5 Å². The molecule has 0 aliphatic rings. The lowest BCUT2D eigenvalue weighted by atomic mass is 10.1. The third-order valence-corrected chi connectivity index (χ3v) is 2.86. The normalized spacial score (nSPS) is 10.2. The van der Waals surface area contributed by atoms with E-state index in [0.29, 0.717) is 23.1 Å². The number of benzene rings is 1. The number of hydrogen-bond donors (Lipinski definition) is 1. The summed E-state index contributed by atoms with van der Waals surface area (Å²) in [5.74, 6) is 0.526. The van der Waals surface area contributed by atoms with Gasteiger partial charge in [-0.25, -0.2) is 4.98 Å². The van der Waals surface area contributed by atoms with Gasteiger partial charge in [-0.1, -0.05) is 23.7 Å². The van der Waals surface area contributed by atoms with Crippen molar-refractivity contribution < 1.29 is 4.92 Å². The number of nitro groups is 1. The molecule has 2 aromatic rings. The summed E-state index contributed by atoms with van der Waals surface area (Å²) in [7, 11) is 0. The van der Waals surface area contributed by atoms with E-state index in [1.54, 1.807) is 19.2 Å². The summed E-state index contributed by atoms with van der Waals surface area (Å²) in [5.41, 5.74) is 1.57. The monoisotopic (exact) mass is 278 g/mol. The van der Waals surface area contributed by atoms with Crippen molar-refractivity contribution >= 4 is 23.1 Å². The average molecular weight is 279 g/mol. The fourth-order valence-electron chi connectivity index (χ4n) is 1.67. The molecule has 98 valence electrons. The van der Waals surface area contributed by atoms with Crippen LogP contribution in [0.1, 0.15) is 11.1 Å². The Morgan fingerprint density at radius 2 is 2.21 bits per heavy atom. The van der Waals surface area contributed by atoms with Crippen molar-refractivity contribution in [1.29, 1.82) is 0 Å². The van der Waals surface area contributed by atoms with Gasteiger partial charge in [-0.3, -0.25) is 15.1 Å². The SMILES string of the molecule is Cc1c(CNc2cncc(Cl)n2)cccc1[N+](=O)[O-]. The predicted octanol–water partition coefficient (Wildman–Crippen LogP) is 2.96. The fraction of sp³-hybridized carbons (Fsp3) is 0.167. The predicted molar refractivity (Wildman–Crippen MR) is 72.2 cm³/mol. The Morgan fingerprint density at radius 3 is 2.89 bits per heavy atom. The number of nitrogens with zero attached hydrogens (tertiary/aromatic N) is 3. The molecule has 0 saturated carbocycles. The summed E-state index contributed by atoms with van der Waals surface area (Å²) in [5, 5.41) is 14.2. The summed E-state index contributed by atoms with van der Waals surface area (Å²) in [6.07, 6.45) is 2.98. The summed E-state index contributed by atoms with van der Waals surface area (Å²) < 4.78 is 0. The van der Waals surface area contributed by atoms with Gasteiger partial charge in [0.25, 0.3) is 5.69 Å². The van der Waals surface area contributed by atoms with Gasteiger partial charge in [-0.15, -0.1) is 0 Å². The highest BCUT2D eigenvalue weighted by Gasteiger charge is 2.12. The van der Waals surface area contributed by atoms with Crippen LogP contribution < -0.4 is 5.32 Å². The highest BCUT2D eigenvalue weighted by molar-refractivity contribution is 6.29. The van der Waals surface area contributed by atoms with Crippen molar-refractivity contribution in [3.8, 4) is 0 Å². The Morgan fingerprint density at radius 1 is 1.42 bits per heavy atom. The van der Waals surface area contributed by atoms with Crippen LogP contribution in [0.15, 0.2) is 30.6 Å². The minimum Gasteiger partial charge on any atom is -0.365 e. The lowest BCUT2D eigenvalue weighted by Crippen LogP contribution is -2.04. The van der Waals surface area contributed by atoms with Gasteiger partial charge in [0.1, 0.15) is 11.0 Å². The molecule has 19 heavy (non-hydrogen) atoms. The van der Waals surface area contributed by atoms with Gasteiger partial charge < -0.3 is 5.32 Å². The number of aromatic nitrogens is 2. The van der Waals surface area contributed by atoms with Gasteiger partial charge in [-0.05, 0) is 12.5 Å². The molecule has 0 bridgehead atoms. The second-order valence-corrected chi connectivity index (χ2v) is 4.29. The van der Waals surface area contributed by atoms with E-state index in [-0.39, 0.29) is 5.69 Å². The first-order chi connectivity index (χ1) is 9.08. The molecule has 7 heteroatoms. The summed E-state index contributed by atoms with van der Waals surface area (Å²) in [6, 6.07) is 4.97. The zero-order valence-corrected chi connectivity index (χ0v) is 10.9. The summed E-state index contributed by atoms with van der Waals surface area (Å²) >= 11 is 5.72. The van der Waals surface area contributed by atoms with Gasteiger partial charge in [0.05, 0.1) is 17.3 Å². The van der Waals surface area contributed by atoms with Gasteiger partial charge in [0.2, 0.25) is 0 Å². The van der Waals surface area contributed by atoms with E-state index < -0.39 is 4.92 Å². The lowest BCUT2D eigenvalue weighted by molar-refractivity contribution is -0.385. The molecule has 0 unspecified atom stereocenters. The van der Waals surface area contributed by atoms with Crippen LogP contribution in [0.3, 0.4) is 0 Å². The van der Waals surface area contributed by atoms with Crippen molar-refractivity contribution in [3.63, 3.8) is 0 Å². The maximum absolute atomic E-state index is 10.8. The minimum atomic E-state index is -0.391. The van der Waals surface area contributed by atoms with Crippen LogP contribution >= 0.6 is 11.6 Å². The largest absolute Gasteiger partial charge is 0.365 e. The molecule has 0 spiro atoms. The molecule has 0 saturated heterocycles. The maximum Gasteiger partial charge on any atom is 0.272 e. The molecule has 0 aliphatic carbocycles. The molecule has 0 radical (unpaired) electrons. The van der Waals surface area contributed by atoms with E-state index in [1.165, 1.54) is 12.3 Å². The van der Waals surface area contributed by atoms with Crippen LogP contribution in [0.4, 0.5) is 11.5 Å². The van der Waals surface area contributed by atoms with Crippen molar-refractivity contribution in [1.82, 2.24) is 9.97 Å². The maximum atomic E-state index is 10.8.